The van der Waals surface area contributed by atoms with Crippen molar-refractivity contribution in [1.29, 1.82) is 0 Å². The van der Waals surface area contributed by atoms with Gasteiger partial charge >= 0.3 is 5.97 Å². The molecule has 1 N–H and O–H groups in total. The molecule has 2 rings (SSSR count). The highest BCUT2D eigenvalue weighted by atomic mass is 16.5. The van der Waals surface area contributed by atoms with Gasteiger partial charge in [0.2, 0.25) is 0 Å². The molecule has 0 heterocycles. The zero-order valence-electron chi connectivity index (χ0n) is 12.3. The number of nitrogens with one attached hydrogen (secondary N) is 1. The van der Waals surface area contributed by atoms with Crippen LogP contribution in [0.3, 0.4) is 0 Å². The number of rotatable bonds is 7. The Kier molecular flexibility index (Phi) is 5.98. The van der Waals surface area contributed by atoms with Crippen LogP contribution in [0.4, 0.5) is 0 Å². The molecule has 110 valence electrons. The lowest BCUT2D eigenvalue weighted by Crippen LogP contribution is -2.37. The Bertz CT molecular complexity index is 498. The molecule has 0 amide bonds. The highest BCUT2D eigenvalue weighted by Gasteiger charge is 2.12. The molecule has 0 saturated heterocycles. The van der Waals surface area contributed by atoms with E-state index < -0.39 is 0 Å². The number of carbonyl (C=O) groups is 1. The first kappa shape index (κ1) is 15.3. The largest absolute Gasteiger partial charge is 0.468 e. The molecule has 0 unspecified atom stereocenters. The van der Waals surface area contributed by atoms with Crippen LogP contribution >= 0.6 is 0 Å². The van der Waals surface area contributed by atoms with Gasteiger partial charge in [-0.1, -0.05) is 60.7 Å². The third-order valence-corrected chi connectivity index (χ3v) is 3.41. The SMILES string of the molecule is COC(=O)CNC(Cc1ccccc1)Cc1ccccc1. The van der Waals surface area contributed by atoms with Crippen molar-refractivity contribution in [2.45, 2.75) is 18.9 Å². The molecule has 0 fully saturated rings. The second kappa shape index (κ2) is 8.22. The van der Waals surface area contributed by atoms with E-state index in [1.807, 2.05) is 36.4 Å². The van der Waals surface area contributed by atoms with Crippen LogP contribution in [0.5, 0.6) is 0 Å². The lowest BCUT2D eigenvalue weighted by Gasteiger charge is -2.18. The molecule has 0 atom stereocenters. The van der Waals surface area contributed by atoms with E-state index in [-0.39, 0.29) is 18.6 Å². The summed E-state index contributed by atoms with van der Waals surface area (Å²) in [5.74, 6) is -0.235. The van der Waals surface area contributed by atoms with Gasteiger partial charge in [0.15, 0.2) is 0 Å². The molecule has 21 heavy (non-hydrogen) atoms. The van der Waals surface area contributed by atoms with Crippen molar-refractivity contribution in [2.75, 3.05) is 13.7 Å². The van der Waals surface area contributed by atoms with Crippen LogP contribution in [0.15, 0.2) is 60.7 Å². The number of ether oxygens (including phenoxy) is 1. The van der Waals surface area contributed by atoms with Gasteiger partial charge in [0, 0.05) is 6.04 Å². The van der Waals surface area contributed by atoms with E-state index in [1.54, 1.807) is 0 Å². The molecule has 0 aromatic heterocycles. The summed E-state index contributed by atoms with van der Waals surface area (Å²) in [6.07, 6.45) is 1.76. The van der Waals surface area contributed by atoms with Gasteiger partial charge < -0.3 is 10.1 Å². The second-order valence-electron chi connectivity index (χ2n) is 5.03. The summed E-state index contributed by atoms with van der Waals surface area (Å²) in [5.41, 5.74) is 2.52. The smallest absolute Gasteiger partial charge is 0.319 e. The van der Waals surface area contributed by atoms with Gasteiger partial charge in [-0.15, -0.1) is 0 Å². The lowest BCUT2D eigenvalue weighted by atomic mass is 9.99. The van der Waals surface area contributed by atoms with Gasteiger partial charge in [-0.3, -0.25) is 4.79 Å². The van der Waals surface area contributed by atoms with Crippen LogP contribution in [0.25, 0.3) is 0 Å². The maximum Gasteiger partial charge on any atom is 0.319 e. The van der Waals surface area contributed by atoms with E-state index in [0.717, 1.165) is 12.8 Å². The summed E-state index contributed by atoms with van der Waals surface area (Å²) in [5, 5.41) is 3.29. The molecule has 0 aliphatic carbocycles. The van der Waals surface area contributed by atoms with Crippen LogP contribution < -0.4 is 5.32 Å². The number of esters is 1. The summed E-state index contributed by atoms with van der Waals surface area (Å²) in [6, 6.07) is 20.8. The van der Waals surface area contributed by atoms with E-state index in [0.29, 0.717) is 0 Å². The Hall–Kier alpha value is -2.13. The minimum absolute atomic E-state index is 0.203. The monoisotopic (exact) mass is 283 g/mol. The maximum atomic E-state index is 11.3. The first-order valence-corrected chi connectivity index (χ1v) is 7.16. The van der Waals surface area contributed by atoms with Crippen molar-refractivity contribution in [2.24, 2.45) is 0 Å². The fourth-order valence-electron chi connectivity index (χ4n) is 2.31. The molecule has 2 aromatic carbocycles. The molecule has 3 nitrogen and oxygen atoms in total. The van der Waals surface area contributed by atoms with E-state index in [1.165, 1.54) is 18.2 Å². The minimum atomic E-state index is -0.235. The summed E-state index contributed by atoms with van der Waals surface area (Å²) in [7, 11) is 1.41. The fraction of sp³-hybridized carbons (Fsp3) is 0.278. The van der Waals surface area contributed by atoms with Crippen LogP contribution in [0.2, 0.25) is 0 Å². The summed E-state index contributed by atoms with van der Waals surface area (Å²) in [6.45, 7) is 0.237. The zero-order chi connectivity index (χ0) is 14.9. The molecule has 0 saturated carbocycles. The van der Waals surface area contributed by atoms with Crippen LogP contribution in [-0.2, 0) is 22.4 Å². The van der Waals surface area contributed by atoms with E-state index in [4.69, 9.17) is 4.74 Å². The zero-order valence-corrected chi connectivity index (χ0v) is 12.3. The van der Waals surface area contributed by atoms with Crippen molar-refractivity contribution >= 4 is 5.97 Å². The Morgan fingerprint density at radius 3 is 1.86 bits per heavy atom. The first-order valence-electron chi connectivity index (χ1n) is 7.16. The minimum Gasteiger partial charge on any atom is -0.468 e. The highest BCUT2D eigenvalue weighted by molar-refractivity contribution is 5.71. The molecule has 0 radical (unpaired) electrons. The topological polar surface area (TPSA) is 38.3 Å². The quantitative estimate of drug-likeness (QED) is 0.794. The van der Waals surface area contributed by atoms with E-state index in [2.05, 4.69) is 29.6 Å². The Morgan fingerprint density at radius 1 is 0.952 bits per heavy atom. The molecule has 3 heteroatoms. The Labute approximate surface area is 126 Å². The predicted molar refractivity (Wildman–Crippen MR) is 84.1 cm³/mol. The number of hydrogen-bond donors (Lipinski definition) is 1. The number of hydrogen-bond acceptors (Lipinski definition) is 3. The molecule has 0 spiro atoms. The third-order valence-electron chi connectivity index (χ3n) is 3.41. The third kappa shape index (κ3) is 5.40. The number of methoxy groups -OCH3 is 1. The first-order chi connectivity index (χ1) is 10.3. The molecule has 0 bridgehead atoms. The van der Waals surface area contributed by atoms with Gasteiger partial charge in [-0.25, -0.2) is 0 Å². The van der Waals surface area contributed by atoms with Crippen LogP contribution in [0, 0.1) is 0 Å². The van der Waals surface area contributed by atoms with Gasteiger partial charge in [-0.05, 0) is 24.0 Å². The molecule has 2 aromatic rings. The summed E-state index contributed by atoms with van der Waals surface area (Å²) < 4.78 is 4.70. The van der Waals surface area contributed by atoms with Crippen LogP contribution in [-0.4, -0.2) is 25.7 Å². The molecular formula is C18H21NO2. The van der Waals surface area contributed by atoms with Crippen LogP contribution in [0.1, 0.15) is 11.1 Å². The normalized spacial score (nSPS) is 10.6. The van der Waals surface area contributed by atoms with Crippen molar-refractivity contribution in [1.82, 2.24) is 5.32 Å². The molecule has 0 aliphatic heterocycles. The average molecular weight is 283 g/mol. The predicted octanol–water partition coefficient (Wildman–Crippen LogP) is 2.60. The summed E-state index contributed by atoms with van der Waals surface area (Å²) in [4.78, 5) is 11.3. The number of carbonyl (C=O) groups excluding carboxylic acids is 1. The summed E-state index contributed by atoms with van der Waals surface area (Å²) >= 11 is 0. The second-order valence-corrected chi connectivity index (χ2v) is 5.03. The Morgan fingerprint density at radius 2 is 1.43 bits per heavy atom. The van der Waals surface area contributed by atoms with Gasteiger partial charge in [0.25, 0.3) is 0 Å². The van der Waals surface area contributed by atoms with E-state index in [9.17, 15) is 4.79 Å². The lowest BCUT2D eigenvalue weighted by molar-refractivity contribution is -0.139. The fourth-order valence-corrected chi connectivity index (χ4v) is 2.31. The maximum absolute atomic E-state index is 11.3. The van der Waals surface area contributed by atoms with Crippen molar-refractivity contribution in [3.05, 3.63) is 71.8 Å². The highest BCUT2D eigenvalue weighted by Crippen LogP contribution is 2.09. The van der Waals surface area contributed by atoms with Crippen molar-refractivity contribution < 1.29 is 9.53 Å². The number of benzene rings is 2. The standard InChI is InChI=1S/C18H21NO2/c1-21-18(20)14-19-17(12-15-8-4-2-5-9-15)13-16-10-6-3-7-11-16/h2-11,17,19H,12-14H2,1H3. The average Bonchev–Trinajstić information content (AvgIpc) is 2.54. The Balaban J connectivity index is 2.01. The molecular weight excluding hydrogens is 262 g/mol. The van der Waals surface area contributed by atoms with E-state index >= 15 is 0 Å². The van der Waals surface area contributed by atoms with Gasteiger partial charge in [0.1, 0.15) is 0 Å². The van der Waals surface area contributed by atoms with Crippen molar-refractivity contribution in [3.63, 3.8) is 0 Å². The molecule has 0 aliphatic rings. The van der Waals surface area contributed by atoms with Gasteiger partial charge in [0.05, 0.1) is 13.7 Å². The van der Waals surface area contributed by atoms with Crippen molar-refractivity contribution in [3.8, 4) is 0 Å². The van der Waals surface area contributed by atoms with Gasteiger partial charge in [-0.2, -0.15) is 0 Å².